The van der Waals surface area contributed by atoms with E-state index < -0.39 is 6.04 Å². The number of carbonyl (C=O) groups is 1. The third kappa shape index (κ3) is 3.03. The first kappa shape index (κ1) is 14.2. The smallest absolute Gasteiger partial charge is 0.249 e. The normalized spacial score (nSPS) is 11.9. The summed E-state index contributed by atoms with van der Waals surface area (Å²) < 4.78 is 6.66. The third-order valence-corrected chi connectivity index (χ3v) is 3.02. The van der Waals surface area contributed by atoms with Gasteiger partial charge in [-0.05, 0) is 25.1 Å². The minimum atomic E-state index is -0.506. The zero-order valence-corrected chi connectivity index (χ0v) is 11.9. The maximum atomic E-state index is 12.2. The number of hydrogen-bond acceptors (Lipinski definition) is 4. The SMILES string of the molecule is COc1ccc(N)cc1NC(=O)C(C)n1cc(Cl)cn1. The van der Waals surface area contributed by atoms with Crippen molar-refractivity contribution in [3.8, 4) is 5.75 Å². The van der Waals surface area contributed by atoms with Crippen molar-refractivity contribution in [3.63, 3.8) is 0 Å². The Hall–Kier alpha value is -2.21. The van der Waals surface area contributed by atoms with Crippen LogP contribution in [0, 0.1) is 0 Å². The largest absolute Gasteiger partial charge is 0.495 e. The summed E-state index contributed by atoms with van der Waals surface area (Å²) in [7, 11) is 1.53. The Kier molecular flexibility index (Phi) is 4.14. The molecule has 0 aliphatic heterocycles. The number of aromatic nitrogens is 2. The second kappa shape index (κ2) is 5.83. The molecule has 2 rings (SSSR count). The fraction of sp³-hybridized carbons (Fsp3) is 0.231. The molecule has 20 heavy (non-hydrogen) atoms. The number of methoxy groups -OCH3 is 1. The molecule has 1 amide bonds. The molecule has 0 aliphatic carbocycles. The first-order valence-electron chi connectivity index (χ1n) is 5.95. The predicted molar refractivity (Wildman–Crippen MR) is 78.0 cm³/mol. The molecule has 0 radical (unpaired) electrons. The van der Waals surface area contributed by atoms with Crippen LogP contribution in [0.5, 0.6) is 5.75 Å². The van der Waals surface area contributed by atoms with Crippen LogP contribution in [0.25, 0.3) is 0 Å². The molecule has 6 nitrogen and oxygen atoms in total. The fourth-order valence-corrected chi connectivity index (χ4v) is 1.85. The van der Waals surface area contributed by atoms with Gasteiger partial charge in [-0.2, -0.15) is 5.10 Å². The molecule has 0 spiro atoms. The summed E-state index contributed by atoms with van der Waals surface area (Å²) in [4.78, 5) is 12.2. The van der Waals surface area contributed by atoms with E-state index in [2.05, 4.69) is 10.4 Å². The third-order valence-electron chi connectivity index (χ3n) is 2.83. The summed E-state index contributed by atoms with van der Waals surface area (Å²) in [5.74, 6) is 0.298. The number of amides is 1. The highest BCUT2D eigenvalue weighted by Crippen LogP contribution is 2.27. The van der Waals surface area contributed by atoms with Gasteiger partial charge in [0.05, 0.1) is 24.0 Å². The fourth-order valence-electron chi connectivity index (χ4n) is 1.71. The summed E-state index contributed by atoms with van der Waals surface area (Å²) in [5, 5.41) is 7.25. The standard InChI is InChI=1S/C13H15ClN4O2/c1-8(18-7-9(14)6-16-18)13(19)17-11-5-10(15)3-4-12(11)20-2/h3-8H,15H2,1-2H3,(H,17,19). The van der Waals surface area contributed by atoms with Gasteiger partial charge < -0.3 is 15.8 Å². The number of nitrogens with two attached hydrogens (primary N) is 1. The van der Waals surface area contributed by atoms with Gasteiger partial charge in [0.25, 0.3) is 0 Å². The summed E-state index contributed by atoms with van der Waals surface area (Å²) in [6, 6.07) is 4.53. The Morgan fingerprint density at radius 2 is 2.30 bits per heavy atom. The van der Waals surface area contributed by atoms with E-state index in [0.29, 0.717) is 22.1 Å². The topological polar surface area (TPSA) is 82.2 Å². The Morgan fingerprint density at radius 3 is 2.90 bits per heavy atom. The molecule has 0 bridgehead atoms. The molecule has 1 unspecified atom stereocenters. The van der Waals surface area contributed by atoms with E-state index in [9.17, 15) is 4.79 Å². The highest BCUT2D eigenvalue weighted by molar-refractivity contribution is 6.30. The van der Waals surface area contributed by atoms with Crippen LogP contribution in [-0.4, -0.2) is 22.8 Å². The van der Waals surface area contributed by atoms with Crippen molar-refractivity contribution in [2.45, 2.75) is 13.0 Å². The van der Waals surface area contributed by atoms with E-state index in [1.165, 1.54) is 18.0 Å². The molecule has 0 saturated carbocycles. The monoisotopic (exact) mass is 294 g/mol. The van der Waals surface area contributed by atoms with Gasteiger partial charge in [0.15, 0.2) is 0 Å². The summed E-state index contributed by atoms with van der Waals surface area (Å²) in [6.45, 7) is 1.72. The second-order valence-electron chi connectivity index (χ2n) is 4.26. The number of rotatable bonds is 4. The zero-order chi connectivity index (χ0) is 14.7. The number of nitrogens with one attached hydrogen (secondary N) is 1. The first-order chi connectivity index (χ1) is 9.51. The average molecular weight is 295 g/mol. The van der Waals surface area contributed by atoms with Gasteiger partial charge in [-0.25, -0.2) is 0 Å². The Bertz CT molecular complexity index is 627. The van der Waals surface area contributed by atoms with Gasteiger partial charge in [0, 0.05) is 11.9 Å². The molecule has 3 N–H and O–H groups in total. The molecule has 1 aromatic carbocycles. The summed E-state index contributed by atoms with van der Waals surface area (Å²) in [5.41, 5.74) is 6.76. The molecule has 1 aromatic heterocycles. The van der Waals surface area contributed by atoms with Crippen LogP contribution in [-0.2, 0) is 4.79 Å². The van der Waals surface area contributed by atoms with Gasteiger partial charge in [-0.15, -0.1) is 0 Å². The van der Waals surface area contributed by atoms with Crippen molar-refractivity contribution in [1.29, 1.82) is 0 Å². The van der Waals surface area contributed by atoms with Crippen molar-refractivity contribution in [3.05, 3.63) is 35.6 Å². The van der Waals surface area contributed by atoms with Crippen LogP contribution in [0.15, 0.2) is 30.6 Å². The number of halogens is 1. The van der Waals surface area contributed by atoms with E-state index in [1.54, 1.807) is 31.3 Å². The first-order valence-corrected chi connectivity index (χ1v) is 6.33. The number of benzene rings is 1. The minimum Gasteiger partial charge on any atom is -0.495 e. The highest BCUT2D eigenvalue weighted by Gasteiger charge is 2.17. The lowest BCUT2D eigenvalue weighted by Gasteiger charge is -2.15. The number of ether oxygens (including phenoxy) is 1. The van der Waals surface area contributed by atoms with Crippen molar-refractivity contribution >= 4 is 28.9 Å². The van der Waals surface area contributed by atoms with Gasteiger partial charge in [-0.3, -0.25) is 9.48 Å². The van der Waals surface area contributed by atoms with E-state index in [1.807, 2.05) is 0 Å². The van der Waals surface area contributed by atoms with Gasteiger partial charge in [0.2, 0.25) is 5.91 Å². The van der Waals surface area contributed by atoms with E-state index in [4.69, 9.17) is 22.1 Å². The molecule has 7 heteroatoms. The second-order valence-corrected chi connectivity index (χ2v) is 4.70. The summed E-state index contributed by atoms with van der Waals surface area (Å²) >= 11 is 5.79. The van der Waals surface area contributed by atoms with Crippen LogP contribution in [0.2, 0.25) is 5.02 Å². The van der Waals surface area contributed by atoms with Gasteiger partial charge in [0.1, 0.15) is 11.8 Å². The Labute approximate surface area is 121 Å². The lowest BCUT2D eigenvalue weighted by molar-refractivity contribution is -0.119. The lowest BCUT2D eigenvalue weighted by atomic mass is 10.2. The van der Waals surface area contributed by atoms with Crippen LogP contribution < -0.4 is 15.8 Å². The highest BCUT2D eigenvalue weighted by atomic mass is 35.5. The van der Waals surface area contributed by atoms with Crippen LogP contribution in [0.4, 0.5) is 11.4 Å². The Balaban J connectivity index is 2.17. The molecule has 0 fully saturated rings. The average Bonchev–Trinajstić information content (AvgIpc) is 2.84. The Morgan fingerprint density at radius 1 is 1.55 bits per heavy atom. The van der Waals surface area contributed by atoms with E-state index in [-0.39, 0.29) is 5.91 Å². The number of nitrogen functional groups attached to an aromatic ring is 1. The van der Waals surface area contributed by atoms with Crippen molar-refractivity contribution in [2.75, 3.05) is 18.2 Å². The van der Waals surface area contributed by atoms with Crippen LogP contribution in [0.1, 0.15) is 13.0 Å². The quantitative estimate of drug-likeness (QED) is 0.848. The summed E-state index contributed by atoms with van der Waals surface area (Å²) in [6.07, 6.45) is 3.06. The predicted octanol–water partition coefficient (Wildman–Crippen LogP) is 2.33. The molecule has 2 aromatic rings. The van der Waals surface area contributed by atoms with E-state index >= 15 is 0 Å². The number of carbonyl (C=O) groups excluding carboxylic acids is 1. The molecule has 0 saturated heterocycles. The molecule has 0 aliphatic rings. The van der Waals surface area contributed by atoms with Crippen molar-refractivity contribution < 1.29 is 9.53 Å². The van der Waals surface area contributed by atoms with Crippen molar-refractivity contribution in [1.82, 2.24) is 9.78 Å². The molecule has 1 heterocycles. The molecular weight excluding hydrogens is 280 g/mol. The van der Waals surface area contributed by atoms with Crippen LogP contribution in [0.3, 0.4) is 0 Å². The maximum Gasteiger partial charge on any atom is 0.249 e. The minimum absolute atomic E-state index is 0.242. The molecular formula is C13H15ClN4O2. The lowest BCUT2D eigenvalue weighted by Crippen LogP contribution is -2.24. The molecule has 1 atom stereocenters. The van der Waals surface area contributed by atoms with E-state index in [0.717, 1.165) is 0 Å². The van der Waals surface area contributed by atoms with Crippen LogP contribution >= 0.6 is 11.6 Å². The maximum absolute atomic E-state index is 12.2. The number of anilines is 2. The number of nitrogens with zero attached hydrogens (tertiary/aromatic N) is 2. The van der Waals surface area contributed by atoms with Crippen molar-refractivity contribution in [2.24, 2.45) is 0 Å². The molecule has 106 valence electrons. The van der Waals surface area contributed by atoms with Gasteiger partial charge >= 0.3 is 0 Å². The zero-order valence-electron chi connectivity index (χ0n) is 11.1. The van der Waals surface area contributed by atoms with Gasteiger partial charge in [-0.1, -0.05) is 11.6 Å². The number of hydrogen-bond donors (Lipinski definition) is 2.